The molecule has 1 heterocycles. The van der Waals surface area contributed by atoms with Crippen molar-refractivity contribution in [2.75, 3.05) is 6.54 Å². The average molecular weight is 330 g/mol. The molecule has 1 saturated carbocycles. The van der Waals surface area contributed by atoms with Crippen LogP contribution in [0.3, 0.4) is 0 Å². The predicted octanol–water partition coefficient (Wildman–Crippen LogP) is 5.45. The van der Waals surface area contributed by atoms with Gasteiger partial charge in [0.25, 0.3) is 0 Å². The summed E-state index contributed by atoms with van der Waals surface area (Å²) in [4.78, 5) is 0. The molecule has 0 spiro atoms. The number of benzene rings is 2. The number of aryl methyl sites for hydroxylation is 1. The van der Waals surface area contributed by atoms with Crippen molar-refractivity contribution in [2.24, 2.45) is 5.92 Å². The lowest BCUT2D eigenvalue weighted by molar-refractivity contribution is -0.554. The fraction of sp³-hybridized carbons (Fsp3) is 0.375. The molecule has 1 unspecified atom stereocenters. The minimum Gasteiger partial charge on any atom is -0.229 e. The van der Waals surface area contributed by atoms with Crippen LogP contribution >= 0.6 is 0 Å². The van der Waals surface area contributed by atoms with Gasteiger partial charge in [-0.1, -0.05) is 61.4 Å². The summed E-state index contributed by atoms with van der Waals surface area (Å²) in [6, 6.07) is 18.4. The molecule has 1 fully saturated rings. The normalized spacial score (nSPS) is 19.7. The first-order valence-corrected chi connectivity index (χ1v) is 9.75. The first-order valence-electron chi connectivity index (χ1n) is 9.75. The summed E-state index contributed by atoms with van der Waals surface area (Å²) in [5.41, 5.74) is 6.79. The molecule has 4 rings (SSSR count). The summed E-state index contributed by atoms with van der Waals surface area (Å²) in [5.74, 6) is 0.822. The van der Waals surface area contributed by atoms with E-state index in [1.165, 1.54) is 53.5 Å². The third-order valence-electron chi connectivity index (χ3n) is 5.51. The molecular formula is C24H28N+. The third kappa shape index (κ3) is 3.46. The Morgan fingerprint density at radius 3 is 2.48 bits per heavy atom. The first-order chi connectivity index (χ1) is 12.3. The van der Waals surface area contributed by atoms with Crippen LogP contribution in [0.1, 0.15) is 54.9 Å². The summed E-state index contributed by atoms with van der Waals surface area (Å²) in [7, 11) is 0. The van der Waals surface area contributed by atoms with Crippen LogP contribution in [-0.2, 0) is 0 Å². The molecule has 2 aliphatic rings. The number of fused-ring (bicyclic) bond motifs is 1. The number of nitrogens with zero attached hydrogens (tertiary/aromatic N) is 1. The van der Waals surface area contributed by atoms with E-state index < -0.39 is 0 Å². The standard InChI is InChI=1S/C24H28N/c1-3-4-15-25-17-21-7-5-6-8-22(21)23(16-24(25)20-13-14-20)19-11-9-18(2)10-12-19/h5-12,16-17,20,24H,3-4,13-15H2,1-2H3/q+1. The van der Waals surface area contributed by atoms with Gasteiger partial charge in [-0.15, -0.1) is 0 Å². The Morgan fingerprint density at radius 2 is 1.76 bits per heavy atom. The van der Waals surface area contributed by atoms with Gasteiger partial charge in [-0.05, 0) is 48.6 Å². The Labute approximate surface area is 151 Å². The van der Waals surface area contributed by atoms with E-state index in [0.29, 0.717) is 6.04 Å². The topological polar surface area (TPSA) is 3.01 Å². The highest BCUT2D eigenvalue weighted by atomic mass is 15.0. The zero-order valence-corrected chi connectivity index (χ0v) is 15.4. The molecule has 0 radical (unpaired) electrons. The Kier molecular flexibility index (Phi) is 4.57. The van der Waals surface area contributed by atoms with Gasteiger partial charge in [0.15, 0.2) is 12.3 Å². The summed E-state index contributed by atoms with van der Waals surface area (Å²) in [6.45, 7) is 5.60. The van der Waals surface area contributed by atoms with Gasteiger partial charge >= 0.3 is 0 Å². The lowest BCUT2D eigenvalue weighted by Gasteiger charge is -2.13. The van der Waals surface area contributed by atoms with E-state index in [-0.39, 0.29) is 0 Å². The maximum Gasteiger partial charge on any atom is 0.174 e. The van der Waals surface area contributed by atoms with Crippen molar-refractivity contribution in [1.29, 1.82) is 0 Å². The molecule has 128 valence electrons. The second kappa shape index (κ2) is 7.00. The summed E-state index contributed by atoms with van der Waals surface area (Å²) in [5, 5.41) is 0. The van der Waals surface area contributed by atoms with E-state index in [4.69, 9.17) is 0 Å². The van der Waals surface area contributed by atoms with Crippen molar-refractivity contribution in [3.8, 4) is 0 Å². The number of unbranched alkanes of at least 4 members (excludes halogenated alkanes) is 1. The predicted molar refractivity (Wildman–Crippen MR) is 106 cm³/mol. The van der Waals surface area contributed by atoms with Crippen molar-refractivity contribution < 1.29 is 4.58 Å². The zero-order valence-electron chi connectivity index (χ0n) is 15.4. The highest BCUT2D eigenvalue weighted by Crippen LogP contribution is 2.39. The summed E-state index contributed by atoms with van der Waals surface area (Å²) >= 11 is 0. The minimum absolute atomic E-state index is 0.537. The van der Waals surface area contributed by atoms with Crippen LogP contribution in [0.4, 0.5) is 0 Å². The second-order valence-electron chi connectivity index (χ2n) is 7.58. The van der Waals surface area contributed by atoms with Gasteiger partial charge in [0.05, 0.1) is 0 Å². The summed E-state index contributed by atoms with van der Waals surface area (Å²) < 4.78 is 2.61. The Bertz CT molecular complexity index is 806. The number of rotatable bonds is 5. The molecule has 0 aromatic heterocycles. The van der Waals surface area contributed by atoms with E-state index in [1.807, 2.05) is 0 Å². The lowest BCUT2D eigenvalue weighted by Crippen LogP contribution is -2.28. The van der Waals surface area contributed by atoms with Gasteiger partial charge in [0.1, 0.15) is 6.54 Å². The number of hydrogen-bond donors (Lipinski definition) is 0. The smallest absolute Gasteiger partial charge is 0.174 e. The fourth-order valence-corrected chi connectivity index (χ4v) is 3.86. The molecule has 1 heteroatoms. The molecule has 2 aromatic rings. The zero-order chi connectivity index (χ0) is 17.2. The molecule has 1 aliphatic carbocycles. The molecule has 1 nitrogen and oxygen atoms in total. The monoisotopic (exact) mass is 330 g/mol. The fourth-order valence-electron chi connectivity index (χ4n) is 3.86. The van der Waals surface area contributed by atoms with Gasteiger partial charge in [0.2, 0.25) is 0 Å². The van der Waals surface area contributed by atoms with E-state index >= 15 is 0 Å². The Morgan fingerprint density at radius 1 is 1.00 bits per heavy atom. The van der Waals surface area contributed by atoms with Gasteiger partial charge in [0, 0.05) is 17.9 Å². The maximum absolute atomic E-state index is 2.61. The molecule has 1 atom stereocenters. The highest BCUT2D eigenvalue weighted by molar-refractivity contribution is 5.92. The highest BCUT2D eigenvalue weighted by Gasteiger charge is 2.38. The largest absolute Gasteiger partial charge is 0.229 e. The Balaban J connectivity index is 1.84. The van der Waals surface area contributed by atoms with E-state index in [2.05, 4.69) is 79.2 Å². The van der Waals surface area contributed by atoms with E-state index in [1.54, 1.807) is 0 Å². The third-order valence-corrected chi connectivity index (χ3v) is 5.51. The van der Waals surface area contributed by atoms with Crippen LogP contribution < -0.4 is 0 Å². The molecular weight excluding hydrogens is 302 g/mol. The quantitative estimate of drug-likeness (QED) is 0.641. The van der Waals surface area contributed by atoms with Crippen LogP contribution in [0.25, 0.3) is 5.57 Å². The van der Waals surface area contributed by atoms with Crippen molar-refractivity contribution in [1.82, 2.24) is 0 Å². The lowest BCUT2D eigenvalue weighted by atomic mass is 9.92. The molecule has 0 bridgehead atoms. The van der Waals surface area contributed by atoms with Crippen LogP contribution in [-0.4, -0.2) is 23.4 Å². The van der Waals surface area contributed by atoms with Crippen LogP contribution in [0, 0.1) is 12.8 Å². The van der Waals surface area contributed by atoms with Crippen molar-refractivity contribution in [3.05, 3.63) is 76.9 Å². The van der Waals surface area contributed by atoms with Crippen molar-refractivity contribution in [3.63, 3.8) is 0 Å². The summed E-state index contributed by atoms with van der Waals surface area (Å²) in [6.07, 6.45) is 10.2. The number of hydrogen-bond acceptors (Lipinski definition) is 0. The molecule has 0 saturated heterocycles. The molecule has 25 heavy (non-hydrogen) atoms. The SMILES string of the molecule is CCCC[N+]1=Cc2ccccc2C(c2ccc(C)cc2)=CC1C1CC1. The van der Waals surface area contributed by atoms with Crippen LogP contribution in [0.5, 0.6) is 0 Å². The average Bonchev–Trinajstić information content (AvgIpc) is 3.47. The first kappa shape index (κ1) is 16.3. The van der Waals surface area contributed by atoms with E-state index in [9.17, 15) is 0 Å². The maximum atomic E-state index is 2.61. The van der Waals surface area contributed by atoms with Crippen molar-refractivity contribution in [2.45, 2.75) is 45.6 Å². The molecule has 0 N–H and O–H groups in total. The minimum atomic E-state index is 0.537. The van der Waals surface area contributed by atoms with Crippen LogP contribution in [0.2, 0.25) is 0 Å². The molecule has 2 aromatic carbocycles. The van der Waals surface area contributed by atoms with Crippen LogP contribution in [0.15, 0.2) is 54.6 Å². The molecule has 1 aliphatic heterocycles. The van der Waals surface area contributed by atoms with Gasteiger partial charge < -0.3 is 0 Å². The van der Waals surface area contributed by atoms with E-state index in [0.717, 1.165) is 12.5 Å². The van der Waals surface area contributed by atoms with Gasteiger partial charge in [-0.2, -0.15) is 0 Å². The molecule has 0 amide bonds. The van der Waals surface area contributed by atoms with Gasteiger partial charge in [-0.3, -0.25) is 0 Å². The van der Waals surface area contributed by atoms with Crippen molar-refractivity contribution >= 4 is 11.8 Å². The second-order valence-corrected chi connectivity index (χ2v) is 7.58. The Hall–Kier alpha value is -2.15. The van der Waals surface area contributed by atoms with Gasteiger partial charge in [-0.25, -0.2) is 4.58 Å².